The highest BCUT2D eigenvalue weighted by Gasteiger charge is 2.30. The summed E-state index contributed by atoms with van der Waals surface area (Å²) in [7, 11) is -7.58. The van der Waals surface area contributed by atoms with E-state index in [1.807, 2.05) is 0 Å². The quantitative estimate of drug-likeness (QED) is 0.733. The van der Waals surface area contributed by atoms with Crippen molar-refractivity contribution < 1.29 is 21.6 Å². The molecule has 0 spiro atoms. The number of aryl methyl sites for hydroxylation is 1. The minimum absolute atomic E-state index is 0.0399. The molecule has 1 amide bonds. The number of nitrogens with one attached hydrogen (secondary N) is 1. The molecule has 0 fully saturated rings. The van der Waals surface area contributed by atoms with E-state index in [9.17, 15) is 21.6 Å². The first kappa shape index (κ1) is 19.3. The minimum Gasteiger partial charge on any atom is -0.331 e. The van der Waals surface area contributed by atoms with Crippen LogP contribution in [0.25, 0.3) is 0 Å². The van der Waals surface area contributed by atoms with E-state index in [-0.39, 0.29) is 34.3 Å². The number of amides is 1. The Labute approximate surface area is 157 Å². The lowest BCUT2D eigenvalue weighted by atomic mass is 10.1. The maximum atomic E-state index is 12.7. The maximum absolute atomic E-state index is 12.7. The fraction of sp³-hybridized carbons (Fsp3) is 0.250. The number of primary sulfonamides is 1. The van der Waals surface area contributed by atoms with Crippen LogP contribution < -0.4 is 10.5 Å². The number of hydrogen-bond donors (Lipinski definition) is 2. The molecule has 144 valence electrons. The van der Waals surface area contributed by atoms with Crippen LogP contribution in [0.1, 0.15) is 12.5 Å². The molecule has 0 aliphatic carbocycles. The second kappa shape index (κ2) is 6.91. The molecule has 11 heteroatoms. The standard InChI is InChI=1S/C16H18N4O5S2/c1-2-11-5-6-12(10-14(11)27(17,24)25)18-16(21)13-4-3-7-20-8-9-26(22,23)19-15(13)20/h3-7,10H,2,8-9H2,1H3,(H,18,21)(H2,17,24,25). The van der Waals surface area contributed by atoms with Crippen molar-refractivity contribution in [1.29, 1.82) is 0 Å². The van der Waals surface area contributed by atoms with E-state index >= 15 is 0 Å². The molecule has 0 radical (unpaired) electrons. The molecule has 9 nitrogen and oxygen atoms in total. The van der Waals surface area contributed by atoms with Crippen LogP contribution in [0.4, 0.5) is 5.69 Å². The van der Waals surface area contributed by atoms with Gasteiger partial charge in [0.05, 0.1) is 16.2 Å². The van der Waals surface area contributed by atoms with Gasteiger partial charge >= 0.3 is 0 Å². The lowest BCUT2D eigenvalue weighted by Crippen LogP contribution is -2.40. The summed E-state index contributed by atoms with van der Waals surface area (Å²) < 4.78 is 50.8. The number of sulfonamides is 2. The summed E-state index contributed by atoms with van der Waals surface area (Å²) in [6.07, 6.45) is 5.16. The third-order valence-electron chi connectivity index (χ3n) is 4.11. The summed E-state index contributed by atoms with van der Waals surface area (Å²) in [5.41, 5.74) is 0.823. The number of nitrogens with two attached hydrogens (primary N) is 1. The van der Waals surface area contributed by atoms with Gasteiger partial charge in [-0.2, -0.15) is 0 Å². The fourth-order valence-electron chi connectivity index (χ4n) is 2.78. The second-order valence-electron chi connectivity index (χ2n) is 5.99. The predicted molar refractivity (Wildman–Crippen MR) is 101 cm³/mol. The molecule has 1 aromatic carbocycles. The predicted octanol–water partition coefficient (Wildman–Crippen LogP) is 0.333. The van der Waals surface area contributed by atoms with E-state index in [4.69, 9.17) is 5.14 Å². The lowest BCUT2D eigenvalue weighted by molar-refractivity contribution is -0.112. The molecule has 0 unspecified atom stereocenters. The number of nitrogens with zero attached hydrogens (tertiary/aromatic N) is 2. The Hall–Kier alpha value is -2.50. The van der Waals surface area contributed by atoms with E-state index < -0.39 is 26.0 Å². The summed E-state index contributed by atoms with van der Waals surface area (Å²) in [5, 5.41) is 7.81. The van der Waals surface area contributed by atoms with Gasteiger partial charge in [0, 0.05) is 18.4 Å². The number of rotatable bonds is 4. The molecular formula is C16H18N4O5S2. The number of hydrogen-bond acceptors (Lipinski definition) is 6. The van der Waals surface area contributed by atoms with Gasteiger partial charge in [-0.05, 0) is 36.3 Å². The molecular weight excluding hydrogens is 392 g/mol. The minimum atomic E-state index is -3.95. The van der Waals surface area contributed by atoms with Crippen LogP contribution in [0.2, 0.25) is 0 Å². The molecule has 2 heterocycles. The fourth-order valence-corrected chi connectivity index (χ4v) is 4.64. The van der Waals surface area contributed by atoms with Crippen molar-refractivity contribution in [1.82, 2.24) is 4.90 Å². The van der Waals surface area contributed by atoms with Crippen molar-refractivity contribution in [3.63, 3.8) is 0 Å². The first-order chi connectivity index (χ1) is 12.6. The Kier molecular flexibility index (Phi) is 4.93. The summed E-state index contributed by atoms with van der Waals surface area (Å²) in [4.78, 5) is 14.2. The molecule has 3 rings (SSSR count). The van der Waals surface area contributed by atoms with Crippen molar-refractivity contribution in [2.45, 2.75) is 18.2 Å². The molecule has 0 saturated carbocycles. The normalized spacial score (nSPS) is 18.4. The van der Waals surface area contributed by atoms with Gasteiger partial charge in [0.25, 0.3) is 15.9 Å². The molecule has 0 atom stereocenters. The monoisotopic (exact) mass is 410 g/mol. The third kappa shape index (κ3) is 4.10. The van der Waals surface area contributed by atoms with Crippen LogP contribution in [0.3, 0.4) is 0 Å². The smallest absolute Gasteiger partial charge is 0.259 e. The number of carbonyl (C=O) groups excluding carboxylic acids is 1. The van der Waals surface area contributed by atoms with Crippen molar-refractivity contribution in [3.05, 3.63) is 47.7 Å². The van der Waals surface area contributed by atoms with Gasteiger partial charge in [0.2, 0.25) is 10.0 Å². The zero-order valence-corrected chi connectivity index (χ0v) is 16.0. The Bertz CT molecular complexity index is 1100. The number of amidine groups is 1. The number of allylic oxidation sites excluding steroid dienone is 2. The summed E-state index contributed by atoms with van der Waals surface area (Å²) in [6.45, 7) is 1.99. The van der Waals surface area contributed by atoms with E-state index in [1.54, 1.807) is 36.2 Å². The van der Waals surface area contributed by atoms with Gasteiger partial charge in [-0.3, -0.25) is 4.79 Å². The van der Waals surface area contributed by atoms with E-state index in [0.717, 1.165) is 0 Å². The molecule has 3 N–H and O–H groups in total. The van der Waals surface area contributed by atoms with Gasteiger partial charge in [0.15, 0.2) is 5.84 Å². The summed E-state index contributed by atoms with van der Waals surface area (Å²) >= 11 is 0. The van der Waals surface area contributed by atoms with Crippen LogP contribution in [-0.4, -0.2) is 45.8 Å². The third-order valence-corrected chi connectivity index (χ3v) is 6.26. The lowest BCUT2D eigenvalue weighted by Gasteiger charge is -2.28. The first-order valence-electron chi connectivity index (χ1n) is 8.06. The number of anilines is 1. The SMILES string of the molecule is CCc1ccc(NC(=O)C2=CC=CN3CCS(=O)(=O)N=C23)cc1S(N)(=O)=O. The maximum Gasteiger partial charge on any atom is 0.259 e. The van der Waals surface area contributed by atoms with Crippen molar-refractivity contribution in [2.24, 2.45) is 9.54 Å². The Morgan fingerprint density at radius 1 is 1.37 bits per heavy atom. The van der Waals surface area contributed by atoms with Crippen LogP contribution >= 0.6 is 0 Å². The highest BCUT2D eigenvalue weighted by molar-refractivity contribution is 7.90. The van der Waals surface area contributed by atoms with Gasteiger partial charge in [-0.25, -0.2) is 22.0 Å². The van der Waals surface area contributed by atoms with Crippen LogP contribution in [0, 0.1) is 0 Å². The summed E-state index contributed by atoms with van der Waals surface area (Å²) in [5.74, 6) is -0.700. The zero-order chi connectivity index (χ0) is 19.8. The molecule has 2 aliphatic rings. The van der Waals surface area contributed by atoms with Gasteiger partial charge < -0.3 is 10.2 Å². The average molecular weight is 410 g/mol. The Morgan fingerprint density at radius 3 is 2.78 bits per heavy atom. The highest BCUT2D eigenvalue weighted by Crippen LogP contribution is 2.23. The van der Waals surface area contributed by atoms with Crippen LogP contribution in [0.15, 0.2) is 51.4 Å². The largest absolute Gasteiger partial charge is 0.331 e. The van der Waals surface area contributed by atoms with E-state index in [1.165, 1.54) is 12.1 Å². The van der Waals surface area contributed by atoms with Gasteiger partial charge in [0.1, 0.15) is 0 Å². The van der Waals surface area contributed by atoms with E-state index in [2.05, 4.69) is 9.71 Å². The molecule has 0 saturated heterocycles. The van der Waals surface area contributed by atoms with Gasteiger partial charge in [-0.15, -0.1) is 4.40 Å². The van der Waals surface area contributed by atoms with Crippen molar-refractivity contribution in [2.75, 3.05) is 17.6 Å². The molecule has 0 bridgehead atoms. The van der Waals surface area contributed by atoms with E-state index in [0.29, 0.717) is 12.0 Å². The molecule has 2 aliphatic heterocycles. The zero-order valence-electron chi connectivity index (χ0n) is 14.4. The Morgan fingerprint density at radius 2 is 2.11 bits per heavy atom. The number of benzene rings is 1. The number of fused-ring (bicyclic) bond motifs is 1. The number of carbonyl (C=O) groups is 1. The summed E-state index contributed by atoms with van der Waals surface area (Å²) in [6, 6.07) is 4.41. The average Bonchev–Trinajstić information content (AvgIpc) is 2.59. The highest BCUT2D eigenvalue weighted by atomic mass is 32.2. The first-order valence-corrected chi connectivity index (χ1v) is 11.2. The molecule has 0 aromatic heterocycles. The van der Waals surface area contributed by atoms with Gasteiger partial charge in [-0.1, -0.05) is 13.0 Å². The molecule has 27 heavy (non-hydrogen) atoms. The second-order valence-corrected chi connectivity index (χ2v) is 9.28. The van der Waals surface area contributed by atoms with Crippen molar-refractivity contribution >= 4 is 37.5 Å². The topological polar surface area (TPSA) is 139 Å². The van der Waals surface area contributed by atoms with Crippen molar-refractivity contribution in [3.8, 4) is 0 Å². The molecule has 1 aromatic rings. The van der Waals surface area contributed by atoms with Crippen LogP contribution in [0.5, 0.6) is 0 Å². The van der Waals surface area contributed by atoms with Crippen LogP contribution in [-0.2, 0) is 31.3 Å². The Balaban J connectivity index is 1.93.